The van der Waals surface area contributed by atoms with E-state index in [4.69, 9.17) is 5.11 Å². The number of aliphatic hydroxyl groups excluding tert-OH is 1. The minimum atomic E-state index is 0.230. The van der Waals surface area contributed by atoms with Gasteiger partial charge in [0.25, 0.3) is 0 Å². The van der Waals surface area contributed by atoms with Crippen molar-refractivity contribution in [1.82, 2.24) is 10.2 Å². The summed E-state index contributed by atoms with van der Waals surface area (Å²) in [5, 5.41) is 12.2. The predicted octanol–water partition coefficient (Wildman–Crippen LogP) is 0.0494. The first-order chi connectivity index (χ1) is 5.63. The summed E-state index contributed by atoms with van der Waals surface area (Å²) in [6.07, 6.45) is 1.20. The van der Waals surface area contributed by atoms with Crippen molar-refractivity contribution >= 4 is 0 Å². The summed E-state index contributed by atoms with van der Waals surface area (Å²) in [6.45, 7) is 5.59. The molecule has 0 aromatic heterocycles. The fourth-order valence-electron chi connectivity index (χ4n) is 1.77. The molecule has 3 atom stereocenters. The van der Waals surface area contributed by atoms with Gasteiger partial charge in [0.2, 0.25) is 0 Å². The van der Waals surface area contributed by atoms with Gasteiger partial charge in [0, 0.05) is 24.7 Å². The van der Waals surface area contributed by atoms with Crippen molar-refractivity contribution in [2.45, 2.75) is 38.4 Å². The van der Waals surface area contributed by atoms with Crippen LogP contribution in [0.25, 0.3) is 0 Å². The van der Waals surface area contributed by atoms with Gasteiger partial charge in [0.1, 0.15) is 0 Å². The van der Waals surface area contributed by atoms with Gasteiger partial charge in [-0.1, -0.05) is 0 Å². The Morgan fingerprint density at radius 1 is 1.67 bits per heavy atom. The van der Waals surface area contributed by atoms with Crippen LogP contribution in [0.15, 0.2) is 0 Å². The summed E-state index contributed by atoms with van der Waals surface area (Å²) in [7, 11) is 2.15. The van der Waals surface area contributed by atoms with Crippen LogP contribution in [0.1, 0.15) is 20.3 Å². The van der Waals surface area contributed by atoms with Crippen LogP contribution in [-0.2, 0) is 0 Å². The molecule has 0 radical (unpaired) electrons. The van der Waals surface area contributed by atoms with E-state index in [0.717, 1.165) is 6.54 Å². The molecule has 0 aromatic carbocycles. The highest BCUT2D eigenvalue weighted by atomic mass is 16.3. The lowest BCUT2D eigenvalue weighted by Gasteiger charge is -2.17. The van der Waals surface area contributed by atoms with Crippen molar-refractivity contribution in [3.8, 4) is 0 Å². The molecule has 2 unspecified atom stereocenters. The largest absolute Gasteiger partial charge is 0.395 e. The van der Waals surface area contributed by atoms with E-state index in [9.17, 15) is 0 Å². The second-order valence-electron chi connectivity index (χ2n) is 3.97. The number of hydrogen-bond donors (Lipinski definition) is 2. The van der Waals surface area contributed by atoms with Crippen LogP contribution in [-0.4, -0.2) is 48.3 Å². The standard InChI is InChI=1S/C9H20N2O/c1-7(6-12)10-9-4-8(2)11(3)5-9/h7-10,12H,4-6H2,1-3H3/t7-,8?,9?/m1/s1. The monoisotopic (exact) mass is 172 g/mol. The quantitative estimate of drug-likeness (QED) is 0.631. The van der Waals surface area contributed by atoms with E-state index in [-0.39, 0.29) is 12.6 Å². The van der Waals surface area contributed by atoms with Crippen LogP contribution in [0.4, 0.5) is 0 Å². The molecule has 0 bridgehead atoms. The Hall–Kier alpha value is -0.120. The Kier molecular flexibility index (Phi) is 3.50. The van der Waals surface area contributed by atoms with Gasteiger partial charge in [-0.05, 0) is 27.3 Å². The summed E-state index contributed by atoms with van der Waals surface area (Å²) in [6, 6.07) is 1.47. The SMILES string of the molecule is CC1CC(N[C@H](C)CO)CN1C. The van der Waals surface area contributed by atoms with Gasteiger partial charge in [-0.2, -0.15) is 0 Å². The minimum absolute atomic E-state index is 0.230. The molecule has 1 saturated heterocycles. The Bertz CT molecular complexity index is 130. The Morgan fingerprint density at radius 3 is 2.75 bits per heavy atom. The van der Waals surface area contributed by atoms with Gasteiger partial charge in [0.05, 0.1) is 6.61 Å². The third-order valence-corrected chi connectivity index (χ3v) is 2.68. The summed E-state index contributed by atoms with van der Waals surface area (Å²) in [5.41, 5.74) is 0. The van der Waals surface area contributed by atoms with Gasteiger partial charge in [-0.25, -0.2) is 0 Å². The Balaban J connectivity index is 2.27. The molecule has 1 fully saturated rings. The van der Waals surface area contributed by atoms with Crippen LogP contribution in [0.2, 0.25) is 0 Å². The van der Waals surface area contributed by atoms with Crippen molar-refractivity contribution in [3.05, 3.63) is 0 Å². The first-order valence-electron chi connectivity index (χ1n) is 4.70. The molecule has 0 aromatic rings. The Labute approximate surface area is 74.8 Å². The second kappa shape index (κ2) is 4.21. The summed E-state index contributed by atoms with van der Waals surface area (Å²) in [5.74, 6) is 0. The number of nitrogens with zero attached hydrogens (tertiary/aromatic N) is 1. The van der Waals surface area contributed by atoms with Crippen molar-refractivity contribution in [3.63, 3.8) is 0 Å². The first kappa shape index (κ1) is 9.96. The van der Waals surface area contributed by atoms with E-state index in [0.29, 0.717) is 12.1 Å². The lowest BCUT2D eigenvalue weighted by Crippen LogP contribution is -2.39. The average Bonchev–Trinajstić information content (AvgIpc) is 2.31. The number of hydrogen-bond acceptors (Lipinski definition) is 3. The maximum absolute atomic E-state index is 8.85. The van der Waals surface area contributed by atoms with E-state index in [1.165, 1.54) is 6.42 Å². The predicted molar refractivity (Wildman–Crippen MR) is 50.2 cm³/mol. The highest BCUT2D eigenvalue weighted by molar-refractivity contribution is 4.86. The molecule has 0 spiro atoms. The van der Waals surface area contributed by atoms with Crippen molar-refractivity contribution < 1.29 is 5.11 Å². The normalized spacial score (nSPS) is 34.0. The van der Waals surface area contributed by atoms with Gasteiger partial charge in [-0.15, -0.1) is 0 Å². The summed E-state index contributed by atoms with van der Waals surface area (Å²) in [4.78, 5) is 2.35. The fraction of sp³-hybridized carbons (Fsp3) is 1.00. The van der Waals surface area contributed by atoms with E-state index in [1.807, 2.05) is 6.92 Å². The molecular weight excluding hydrogens is 152 g/mol. The topological polar surface area (TPSA) is 35.5 Å². The number of rotatable bonds is 3. The van der Waals surface area contributed by atoms with Gasteiger partial charge >= 0.3 is 0 Å². The van der Waals surface area contributed by atoms with E-state index in [1.54, 1.807) is 0 Å². The Morgan fingerprint density at radius 2 is 2.33 bits per heavy atom. The zero-order valence-corrected chi connectivity index (χ0v) is 8.25. The molecular formula is C9H20N2O. The number of likely N-dealkylation sites (N-methyl/N-ethyl adjacent to an activating group) is 1. The van der Waals surface area contributed by atoms with E-state index >= 15 is 0 Å². The van der Waals surface area contributed by atoms with Crippen LogP contribution >= 0.6 is 0 Å². The molecule has 3 nitrogen and oxygen atoms in total. The highest BCUT2D eigenvalue weighted by Crippen LogP contribution is 2.14. The van der Waals surface area contributed by atoms with Gasteiger partial charge < -0.3 is 15.3 Å². The van der Waals surface area contributed by atoms with Crippen molar-refractivity contribution in [2.24, 2.45) is 0 Å². The lowest BCUT2D eigenvalue weighted by atomic mass is 10.2. The van der Waals surface area contributed by atoms with Crippen molar-refractivity contribution in [2.75, 3.05) is 20.2 Å². The molecule has 0 aliphatic carbocycles. The highest BCUT2D eigenvalue weighted by Gasteiger charge is 2.26. The molecule has 1 aliphatic rings. The fourth-order valence-corrected chi connectivity index (χ4v) is 1.77. The first-order valence-corrected chi connectivity index (χ1v) is 4.70. The van der Waals surface area contributed by atoms with Crippen LogP contribution < -0.4 is 5.32 Å². The smallest absolute Gasteiger partial charge is 0.0582 e. The molecule has 2 N–H and O–H groups in total. The molecule has 72 valence electrons. The number of aliphatic hydroxyl groups is 1. The maximum Gasteiger partial charge on any atom is 0.0582 e. The van der Waals surface area contributed by atoms with Crippen LogP contribution in [0.5, 0.6) is 0 Å². The number of nitrogens with one attached hydrogen (secondary N) is 1. The molecule has 1 heterocycles. The molecule has 12 heavy (non-hydrogen) atoms. The number of likely N-dealkylation sites (tertiary alicyclic amines) is 1. The molecule has 1 rings (SSSR count). The van der Waals surface area contributed by atoms with Gasteiger partial charge in [-0.3, -0.25) is 0 Å². The van der Waals surface area contributed by atoms with Crippen LogP contribution in [0, 0.1) is 0 Å². The van der Waals surface area contributed by atoms with E-state index < -0.39 is 0 Å². The van der Waals surface area contributed by atoms with E-state index in [2.05, 4.69) is 24.2 Å². The van der Waals surface area contributed by atoms with Crippen LogP contribution in [0.3, 0.4) is 0 Å². The molecule has 0 amide bonds. The summed E-state index contributed by atoms with van der Waals surface area (Å²) < 4.78 is 0. The minimum Gasteiger partial charge on any atom is -0.395 e. The zero-order chi connectivity index (χ0) is 9.14. The molecule has 3 heteroatoms. The maximum atomic E-state index is 8.85. The van der Waals surface area contributed by atoms with Gasteiger partial charge in [0.15, 0.2) is 0 Å². The van der Waals surface area contributed by atoms with Crippen molar-refractivity contribution in [1.29, 1.82) is 0 Å². The second-order valence-corrected chi connectivity index (χ2v) is 3.97. The zero-order valence-electron chi connectivity index (χ0n) is 8.25. The molecule has 0 saturated carbocycles. The average molecular weight is 172 g/mol. The summed E-state index contributed by atoms with van der Waals surface area (Å²) >= 11 is 0. The molecule has 1 aliphatic heterocycles. The third kappa shape index (κ3) is 2.44. The third-order valence-electron chi connectivity index (χ3n) is 2.68. The lowest BCUT2D eigenvalue weighted by molar-refractivity contribution is 0.240.